The summed E-state index contributed by atoms with van der Waals surface area (Å²) in [5.41, 5.74) is 0.852. The van der Waals surface area contributed by atoms with Crippen LogP contribution in [0.15, 0.2) is 18.2 Å². The van der Waals surface area contributed by atoms with E-state index in [9.17, 15) is 14.9 Å². The van der Waals surface area contributed by atoms with E-state index in [1.165, 1.54) is 6.07 Å². The largest absolute Gasteiger partial charge is 0.337 e. The highest BCUT2D eigenvalue weighted by atomic mass is 35.5. The molecule has 0 atom stereocenters. The highest BCUT2D eigenvalue weighted by molar-refractivity contribution is 6.18. The van der Waals surface area contributed by atoms with Gasteiger partial charge in [0, 0.05) is 36.2 Å². The highest BCUT2D eigenvalue weighted by Gasteiger charge is 2.19. The summed E-state index contributed by atoms with van der Waals surface area (Å²) in [5, 5.41) is 10.9. The molecule has 0 radical (unpaired) electrons. The van der Waals surface area contributed by atoms with Gasteiger partial charge in [-0.05, 0) is 19.4 Å². The summed E-state index contributed by atoms with van der Waals surface area (Å²) < 4.78 is 0. The van der Waals surface area contributed by atoms with Gasteiger partial charge in [-0.25, -0.2) is 0 Å². The maximum absolute atomic E-state index is 12.4. The second kappa shape index (κ2) is 7.85. The minimum absolute atomic E-state index is 0.0304. The van der Waals surface area contributed by atoms with Gasteiger partial charge in [-0.1, -0.05) is 19.4 Å². The molecule has 20 heavy (non-hydrogen) atoms. The number of halogens is 1. The SMILES string of the molecule is CCCCN(CCCl)C(=O)c1ccc(C)c([N+](=O)[O-])c1. The number of nitro groups is 1. The molecule has 6 heteroatoms. The van der Waals surface area contributed by atoms with E-state index in [1.54, 1.807) is 24.0 Å². The second-order valence-corrected chi connectivity index (χ2v) is 4.97. The summed E-state index contributed by atoms with van der Waals surface area (Å²) >= 11 is 5.71. The fraction of sp³-hybridized carbons (Fsp3) is 0.500. The number of unbranched alkanes of at least 4 members (excludes halogenated alkanes) is 1. The van der Waals surface area contributed by atoms with Crippen LogP contribution in [0.2, 0.25) is 0 Å². The van der Waals surface area contributed by atoms with Gasteiger partial charge in [-0.3, -0.25) is 14.9 Å². The standard InChI is InChI=1S/C14H19ClN2O3/c1-3-4-8-16(9-7-15)14(18)12-6-5-11(2)13(10-12)17(19)20/h5-6,10H,3-4,7-9H2,1-2H3. The van der Waals surface area contributed by atoms with Crippen LogP contribution in [0.1, 0.15) is 35.7 Å². The first-order valence-corrected chi connectivity index (χ1v) is 7.15. The Morgan fingerprint density at radius 1 is 1.40 bits per heavy atom. The lowest BCUT2D eigenvalue weighted by Gasteiger charge is -2.21. The number of amides is 1. The number of aryl methyl sites for hydroxylation is 1. The number of hydrogen-bond donors (Lipinski definition) is 0. The number of carbonyl (C=O) groups excluding carboxylic acids is 1. The van der Waals surface area contributed by atoms with Gasteiger partial charge in [0.2, 0.25) is 0 Å². The number of nitro benzene ring substituents is 1. The van der Waals surface area contributed by atoms with Gasteiger partial charge in [0.15, 0.2) is 0 Å². The average molecular weight is 299 g/mol. The zero-order valence-corrected chi connectivity index (χ0v) is 12.5. The Hall–Kier alpha value is -1.62. The lowest BCUT2D eigenvalue weighted by Crippen LogP contribution is -2.33. The van der Waals surface area contributed by atoms with Crippen LogP contribution in [-0.4, -0.2) is 34.7 Å². The number of rotatable bonds is 7. The minimum Gasteiger partial charge on any atom is -0.337 e. The van der Waals surface area contributed by atoms with Gasteiger partial charge in [-0.15, -0.1) is 11.6 Å². The summed E-state index contributed by atoms with van der Waals surface area (Å²) in [6.07, 6.45) is 1.86. The number of nitrogens with zero attached hydrogens (tertiary/aromatic N) is 2. The van der Waals surface area contributed by atoms with Crippen molar-refractivity contribution in [3.63, 3.8) is 0 Å². The Labute approximate surface area is 123 Å². The molecule has 0 bridgehead atoms. The number of alkyl halides is 1. The molecule has 0 aromatic heterocycles. The molecule has 1 aromatic rings. The molecule has 1 rings (SSSR count). The van der Waals surface area contributed by atoms with Crippen molar-refractivity contribution in [3.8, 4) is 0 Å². The van der Waals surface area contributed by atoms with Crippen molar-refractivity contribution in [3.05, 3.63) is 39.4 Å². The molecular weight excluding hydrogens is 280 g/mol. The fourth-order valence-electron chi connectivity index (χ4n) is 1.89. The van der Waals surface area contributed by atoms with Crippen molar-refractivity contribution >= 4 is 23.2 Å². The molecular formula is C14H19ClN2O3. The molecule has 0 N–H and O–H groups in total. The molecule has 0 saturated heterocycles. The maximum atomic E-state index is 12.4. The molecule has 1 aromatic carbocycles. The first-order chi connectivity index (χ1) is 9.51. The van der Waals surface area contributed by atoms with Crippen molar-refractivity contribution in [2.24, 2.45) is 0 Å². The Bertz CT molecular complexity index is 491. The first kappa shape index (κ1) is 16.4. The molecule has 1 amide bonds. The van der Waals surface area contributed by atoms with Gasteiger partial charge in [-0.2, -0.15) is 0 Å². The van der Waals surface area contributed by atoms with E-state index in [1.807, 2.05) is 6.92 Å². The monoisotopic (exact) mass is 298 g/mol. The van der Waals surface area contributed by atoms with Crippen molar-refractivity contribution in [1.82, 2.24) is 4.90 Å². The van der Waals surface area contributed by atoms with Crippen molar-refractivity contribution in [2.75, 3.05) is 19.0 Å². The molecule has 0 spiro atoms. The smallest absolute Gasteiger partial charge is 0.273 e. The van der Waals surface area contributed by atoms with Crippen LogP contribution in [-0.2, 0) is 0 Å². The van der Waals surface area contributed by atoms with E-state index >= 15 is 0 Å². The van der Waals surface area contributed by atoms with Crippen molar-refractivity contribution < 1.29 is 9.72 Å². The normalized spacial score (nSPS) is 10.3. The molecule has 0 aliphatic carbocycles. The predicted molar refractivity (Wildman–Crippen MR) is 79.4 cm³/mol. The van der Waals surface area contributed by atoms with Gasteiger partial charge in [0.25, 0.3) is 11.6 Å². The van der Waals surface area contributed by atoms with E-state index < -0.39 is 4.92 Å². The van der Waals surface area contributed by atoms with E-state index in [0.717, 1.165) is 12.8 Å². The molecule has 0 heterocycles. The summed E-state index contributed by atoms with van der Waals surface area (Å²) in [6, 6.07) is 4.56. The lowest BCUT2D eigenvalue weighted by molar-refractivity contribution is -0.385. The van der Waals surface area contributed by atoms with Gasteiger partial charge in [0.1, 0.15) is 0 Å². The number of hydrogen-bond acceptors (Lipinski definition) is 3. The van der Waals surface area contributed by atoms with Crippen molar-refractivity contribution in [2.45, 2.75) is 26.7 Å². The van der Waals surface area contributed by atoms with E-state index in [2.05, 4.69) is 0 Å². The zero-order chi connectivity index (χ0) is 15.1. The Balaban J connectivity index is 2.99. The number of benzene rings is 1. The van der Waals surface area contributed by atoms with Crippen LogP contribution in [0, 0.1) is 17.0 Å². The molecule has 0 aliphatic rings. The zero-order valence-electron chi connectivity index (χ0n) is 11.8. The molecule has 0 saturated carbocycles. The summed E-state index contributed by atoms with van der Waals surface area (Å²) in [4.78, 5) is 24.5. The Kier molecular flexibility index (Phi) is 6.45. The summed E-state index contributed by atoms with van der Waals surface area (Å²) in [7, 11) is 0. The van der Waals surface area contributed by atoms with Crippen LogP contribution in [0.5, 0.6) is 0 Å². The quantitative estimate of drug-likeness (QED) is 0.440. The van der Waals surface area contributed by atoms with Gasteiger partial charge < -0.3 is 4.90 Å². The van der Waals surface area contributed by atoms with E-state index in [0.29, 0.717) is 30.1 Å². The summed E-state index contributed by atoms with van der Waals surface area (Å²) in [6.45, 7) is 4.76. The average Bonchev–Trinajstić information content (AvgIpc) is 2.43. The Morgan fingerprint density at radius 2 is 2.10 bits per heavy atom. The van der Waals surface area contributed by atoms with Crippen LogP contribution in [0.25, 0.3) is 0 Å². The van der Waals surface area contributed by atoms with Crippen LogP contribution < -0.4 is 0 Å². The highest BCUT2D eigenvalue weighted by Crippen LogP contribution is 2.20. The molecule has 110 valence electrons. The van der Waals surface area contributed by atoms with Crippen LogP contribution >= 0.6 is 11.6 Å². The fourth-order valence-corrected chi connectivity index (χ4v) is 2.09. The second-order valence-electron chi connectivity index (χ2n) is 4.59. The Morgan fingerprint density at radius 3 is 2.65 bits per heavy atom. The number of carbonyl (C=O) groups is 1. The third-order valence-electron chi connectivity index (χ3n) is 3.08. The third-order valence-corrected chi connectivity index (χ3v) is 3.25. The third kappa shape index (κ3) is 4.20. The molecule has 0 unspecified atom stereocenters. The van der Waals surface area contributed by atoms with E-state index in [4.69, 9.17) is 11.6 Å². The summed E-state index contributed by atoms with van der Waals surface area (Å²) in [5.74, 6) is 0.144. The van der Waals surface area contributed by atoms with Crippen molar-refractivity contribution in [1.29, 1.82) is 0 Å². The maximum Gasteiger partial charge on any atom is 0.273 e. The molecule has 0 aliphatic heterocycles. The van der Waals surface area contributed by atoms with E-state index in [-0.39, 0.29) is 11.6 Å². The predicted octanol–water partition coefficient (Wildman–Crippen LogP) is 3.38. The molecule has 5 nitrogen and oxygen atoms in total. The lowest BCUT2D eigenvalue weighted by atomic mass is 10.1. The minimum atomic E-state index is -0.468. The first-order valence-electron chi connectivity index (χ1n) is 6.61. The molecule has 0 fully saturated rings. The van der Waals surface area contributed by atoms with Crippen LogP contribution in [0.4, 0.5) is 5.69 Å². The van der Waals surface area contributed by atoms with Crippen LogP contribution in [0.3, 0.4) is 0 Å². The topological polar surface area (TPSA) is 63.5 Å². The van der Waals surface area contributed by atoms with Gasteiger partial charge >= 0.3 is 0 Å². The van der Waals surface area contributed by atoms with Gasteiger partial charge in [0.05, 0.1) is 4.92 Å².